The molecule has 0 bridgehead atoms. The van der Waals surface area contributed by atoms with E-state index in [1.165, 1.54) is 42.1 Å². The van der Waals surface area contributed by atoms with Crippen molar-refractivity contribution < 1.29 is 0 Å². The molecule has 2 rings (SSSR count). The number of thiophene rings is 1. The molecule has 1 saturated heterocycles. The Hall–Kier alpha value is -0.380. The van der Waals surface area contributed by atoms with Gasteiger partial charge in [0, 0.05) is 34.9 Å². The minimum absolute atomic E-state index is 0.596. The van der Waals surface area contributed by atoms with Gasteiger partial charge < -0.3 is 4.90 Å². The second kappa shape index (κ2) is 6.18. The summed E-state index contributed by atoms with van der Waals surface area (Å²) >= 11 is 1.99. The lowest BCUT2D eigenvalue weighted by atomic mass is 10.0. The largest absolute Gasteiger partial charge is 0.306 e. The maximum Gasteiger partial charge on any atom is 0.0413 e. The van der Waals surface area contributed by atoms with Crippen LogP contribution >= 0.6 is 11.3 Å². The van der Waals surface area contributed by atoms with Crippen LogP contribution in [0.4, 0.5) is 0 Å². The first-order chi connectivity index (χ1) is 8.61. The lowest BCUT2D eigenvalue weighted by Gasteiger charge is -2.38. The Bertz CT molecular complexity index is 364. The van der Waals surface area contributed by atoms with E-state index in [-0.39, 0.29) is 0 Å². The number of likely N-dealkylation sites (tertiary alicyclic amines) is 1. The van der Waals surface area contributed by atoms with Crippen molar-refractivity contribution in [3.63, 3.8) is 0 Å². The molecule has 1 aliphatic rings. The minimum atomic E-state index is 0.596. The van der Waals surface area contributed by atoms with E-state index in [4.69, 9.17) is 0 Å². The van der Waals surface area contributed by atoms with Gasteiger partial charge in [-0.3, -0.25) is 4.90 Å². The minimum Gasteiger partial charge on any atom is -0.306 e. The topological polar surface area (TPSA) is 6.48 Å². The summed E-state index contributed by atoms with van der Waals surface area (Å²) in [5, 5.41) is 0. The van der Waals surface area contributed by atoms with Crippen LogP contribution in [0.3, 0.4) is 0 Å². The highest BCUT2D eigenvalue weighted by molar-refractivity contribution is 7.12. The summed E-state index contributed by atoms with van der Waals surface area (Å²) in [6, 6.07) is 6.00. The molecule has 1 aromatic heterocycles. The third-order valence-corrected chi connectivity index (χ3v) is 5.62. The van der Waals surface area contributed by atoms with Crippen LogP contribution in [0.1, 0.15) is 42.5 Å². The molecule has 18 heavy (non-hydrogen) atoms. The Balaban J connectivity index is 1.92. The number of hydrogen-bond acceptors (Lipinski definition) is 3. The molecule has 0 saturated carbocycles. The Labute approximate surface area is 116 Å². The molecule has 0 spiro atoms. The van der Waals surface area contributed by atoms with Gasteiger partial charge in [-0.05, 0) is 52.4 Å². The fourth-order valence-corrected chi connectivity index (χ4v) is 3.82. The van der Waals surface area contributed by atoms with Gasteiger partial charge in [-0.25, -0.2) is 0 Å². The molecule has 0 aromatic carbocycles. The van der Waals surface area contributed by atoms with Gasteiger partial charge in [0.05, 0.1) is 0 Å². The molecule has 0 radical (unpaired) electrons. The molecule has 1 atom stereocenters. The second-order valence-corrected chi connectivity index (χ2v) is 6.76. The molecule has 3 heteroatoms. The second-order valence-electron chi connectivity index (χ2n) is 5.56. The van der Waals surface area contributed by atoms with Gasteiger partial charge in [0.25, 0.3) is 0 Å². The van der Waals surface area contributed by atoms with Gasteiger partial charge in [0.2, 0.25) is 0 Å². The van der Waals surface area contributed by atoms with Gasteiger partial charge in [-0.15, -0.1) is 11.3 Å². The quantitative estimate of drug-likeness (QED) is 0.824. The van der Waals surface area contributed by atoms with Crippen LogP contribution < -0.4 is 0 Å². The van der Waals surface area contributed by atoms with E-state index in [0.717, 1.165) is 6.04 Å². The van der Waals surface area contributed by atoms with Crippen molar-refractivity contribution in [2.45, 2.75) is 45.2 Å². The van der Waals surface area contributed by atoms with Gasteiger partial charge in [0.15, 0.2) is 0 Å². The Morgan fingerprint density at radius 2 is 2.00 bits per heavy atom. The van der Waals surface area contributed by atoms with Crippen molar-refractivity contribution in [3.05, 3.63) is 21.9 Å². The van der Waals surface area contributed by atoms with Crippen LogP contribution in [-0.2, 0) is 6.42 Å². The molecular weight excluding hydrogens is 240 g/mol. The van der Waals surface area contributed by atoms with E-state index in [1.807, 2.05) is 11.3 Å². The highest BCUT2D eigenvalue weighted by Gasteiger charge is 2.25. The van der Waals surface area contributed by atoms with Crippen molar-refractivity contribution in [2.75, 3.05) is 27.2 Å². The number of aryl methyl sites for hydroxylation is 1. The Morgan fingerprint density at radius 3 is 2.50 bits per heavy atom. The van der Waals surface area contributed by atoms with E-state index >= 15 is 0 Å². The molecule has 0 aliphatic carbocycles. The van der Waals surface area contributed by atoms with Crippen LogP contribution in [0, 0.1) is 0 Å². The Kier molecular flexibility index (Phi) is 4.82. The van der Waals surface area contributed by atoms with Crippen LogP contribution in [0.5, 0.6) is 0 Å². The molecule has 0 N–H and O–H groups in total. The standard InChI is InChI=1S/C15H26N2S/c1-5-14-6-7-15(18-14)12(2)17-10-8-13(9-11-17)16(3)4/h6-7,12-13H,5,8-11H2,1-4H3/t12-/m0/s1. The first-order valence-electron chi connectivity index (χ1n) is 7.11. The van der Waals surface area contributed by atoms with Crippen molar-refractivity contribution >= 4 is 11.3 Å². The fraction of sp³-hybridized carbons (Fsp3) is 0.733. The molecule has 102 valence electrons. The zero-order valence-electron chi connectivity index (χ0n) is 12.1. The summed E-state index contributed by atoms with van der Waals surface area (Å²) in [7, 11) is 4.41. The van der Waals surface area contributed by atoms with Crippen LogP contribution in [0.15, 0.2) is 12.1 Å². The Morgan fingerprint density at radius 1 is 1.33 bits per heavy atom. The van der Waals surface area contributed by atoms with E-state index in [0.29, 0.717) is 6.04 Å². The summed E-state index contributed by atoms with van der Waals surface area (Å²) in [4.78, 5) is 8.07. The monoisotopic (exact) mass is 266 g/mol. The lowest BCUT2D eigenvalue weighted by Crippen LogP contribution is -2.42. The van der Waals surface area contributed by atoms with Gasteiger partial charge in [-0.2, -0.15) is 0 Å². The zero-order valence-corrected chi connectivity index (χ0v) is 13.0. The molecule has 2 heterocycles. The third kappa shape index (κ3) is 3.14. The zero-order chi connectivity index (χ0) is 13.1. The number of nitrogens with zero attached hydrogens (tertiary/aromatic N) is 2. The van der Waals surface area contributed by atoms with Crippen molar-refractivity contribution in [2.24, 2.45) is 0 Å². The predicted molar refractivity (Wildman–Crippen MR) is 80.4 cm³/mol. The summed E-state index contributed by atoms with van der Waals surface area (Å²) in [6.07, 6.45) is 3.78. The summed E-state index contributed by atoms with van der Waals surface area (Å²) < 4.78 is 0. The number of hydrogen-bond donors (Lipinski definition) is 0. The maximum atomic E-state index is 2.64. The van der Waals surface area contributed by atoms with Gasteiger partial charge in [0.1, 0.15) is 0 Å². The third-order valence-electron chi connectivity index (χ3n) is 4.22. The molecule has 1 aromatic rings. The molecule has 1 fully saturated rings. The maximum absolute atomic E-state index is 2.64. The van der Waals surface area contributed by atoms with Crippen molar-refractivity contribution in [3.8, 4) is 0 Å². The predicted octanol–water partition coefficient (Wildman–Crippen LogP) is 3.40. The van der Waals surface area contributed by atoms with E-state index in [9.17, 15) is 0 Å². The molecule has 0 amide bonds. The molecule has 1 aliphatic heterocycles. The highest BCUT2D eigenvalue weighted by atomic mass is 32.1. The lowest BCUT2D eigenvalue weighted by molar-refractivity contribution is 0.116. The SMILES string of the molecule is CCc1ccc([C@H](C)N2CCC(N(C)C)CC2)s1. The average Bonchev–Trinajstić information content (AvgIpc) is 2.86. The fourth-order valence-electron chi connectivity index (χ4n) is 2.78. The smallest absolute Gasteiger partial charge is 0.0413 e. The van der Waals surface area contributed by atoms with Crippen LogP contribution in [0.25, 0.3) is 0 Å². The highest BCUT2D eigenvalue weighted by Crippen LogP contribution is 2.30. The summed E-state index contributed by atoms with van der Waals surface area (Å²) in [6.45, 7) is 7.08. The van der Waals surface area contributed by atoms with Gasteiger partial charge >= 0.3 is 0 Å². The first-order valence-corrected chi connectivity index (χ1v) is 7.92. The van der Waals surface area contributed by atoms with E-state index < -0.39 is 0 Å². The van der Waals surface area contributed by atoms with E-state index in [2.05, 4.69) is 49.9 Å². The van der Waals surface area contributed by atoms with Crippen LogP contribution in [0.2, 0.25) is 0 Å². The average molecular weight is 266 g/mol. The van der Waals surface area contributed by atoms with Crippen LogP contribution in [-0.4, -0.2) is 43.0 Å². The van der Waals surface area contributed by atoms with Crippen molar-refractivity contribution in [1.29, 1.82) is 0 Å². The van der Waals surface area contributed by atoms with Crippen molar-refractivity contribution in [1.82, 2.24) is 9.80 Å². The number of piperidine rings is 1. The molecular formula is C15H26N2S. The summed E-state index contributed by atoms with van der Waals surface area (Å²) in [5.74, 6) is 0. The normalized spacial score (nSPS) is 20.5. The number of rotatable bonds is 4. The first kappa shape index (κ1) is 14.0. The summed E-state index contributed by atoms with van der Waals surface area (Å²) in [5.41, 5.74) is 0. The van der Waals surface area contributed by atoms with E-state index in [1.54, 1.807) is 0 Å². The molecule has 2 nitrogen and oxygen atoms in total. The molecule has 0 unspecified atom stereocenters. The van der Waals surface area contributed by atoms with Gasteiger partial charge in [-0.1, -0.05) is 6.92 Å².